The fraction of sp³-hybridized carbons (Fsp3) is 0.448. The number of amides is 2. The summed E-state index contributed by atoms with van der Waals surface area (Å²) in [7, 11) is 0. The number of carbonyl (C=O) groups excluding carboxylic acids is 2. The van der Waals surface area contributed by atoms with Gasteiger partial charge in [0.2, 0.25) is 11.8 Å². The third-order valence-electron chi connectivity index (χ3n) is 7.40. The molecule has 2 amide bonds. The number of nitrogens with one attached hydrogen (secondary N) is 2. The van der Waals surface area contributed by atoms with Crippen molar-refractivity contribution in [3.63, 3.8) is 0 Å². The molecule has 1 saturated carbocycles. The molecule has 1 fully saturated rings. The van der Waals surface area contributed by atoms with E-state index in [0.29, 0.717) is 48.4 Å². The van der Waals surface area contributed by atoms with Gasteiger partial charge in [0.05, 0.1) is 23.0 Å². The lowest BCUT2D eigenvalue weighted by molar-refractivity contribution is -0.127. The molecular formula is C29H34FN5O2. The van der Waals surface area contributed by atoms with E-state index in [9.17, 15) is 14.0 Å². The van der Waals surface area contributed by atoms with Gasteiger partial charge in [0.1, 0.15) is 0 Å². The highest BCUT2D eigenvalue weighted by atomic mass is 19.1. The minimum atomic E-state index is -0.664. The number of rotatable bonds is 8. The number of hydrogen-bond acceptors (Lipinski definition) is 5. The monoisotopic (exact) mass is 503 g/mol. The predicted octanol–water partition coefficient (Wildman–Crippen LogP) is 4.83. The fourth-order valence-corrected chi connectivity index (χ4v) is 5.26. The molecule has 2 aliphatic heterocycles. The normalized spacial score (nSPS) is 17.5. The minimum absolute atomic E-state index is 0.0859. The predicted molar refractivity (Wildman–Crippen MR) is 144 cm³/mol. The molecule has 2 aromatic rings. The molecule has 37 heavy (non-hydrogen) atoms. The lowest BCUT2D eigenvalue weighted by Crippen LogP contribution is -2.33. The molecule has 3 aliphatic rings. The Morgan fingerprint density at radius 1 is 1.16 bits per heavy atom. The van der Waals surface area contributed by atoms with Gasteiger partial charge in [-0.2, -0.15) is 4.39 Å². The molecule has 0 saturated heterocycles. The first kappa shape index (κ1) is 25.3. The van der Waals surface area contributed by atoms with E-state index in [1.54, 1.807) is 23.2 Å². The molecule has 0 radical (unpaired) electrons. The lowest BCUT2D eigenvalue weighted by atomic mass is 9.92. The number of aliphatic imine (C=N–C) groups is 1. The Bertz CT molecular complexity index is 1280. The van der Waals surface area contributed by atoms with Crippen molar-refractivity contribution in [3.8, 4) is 0 Å². The van der Waals surface area contributed by atoms with E-state index in [1.165, 1.54) is 0 Å². The summed E-state index contributed by atoms with van der Waals surface area (Å²) >= 11 is 0. The molecule has 3 heterocycles. The number of aromatic nitrogens is 1. The van der Waals surface area contributed by atoms with Crippen LogP contribution in [0, 0.1) is 0 Å². The number of anilines is 1. The standard InChI is InChI=1S/C29H34FN5O2/c1-3-11-35(12-4-2)27(36)20-13-19-5-6-22(16-25(19)34-26(30)15-20)29(8-9-29)28(37)33-23-14-21-17-31-10-7-24(21)32-18-23/h5-6,13-14,16,18,31H,3-4,7-12,15,17H2,1-2H3,(H,33,37). The van der Waals surface area contributed by atoms with E-state index in [4.69, 9.17) is 0 Å². The highest BCUT2D eigenvalue weighted by Crippen LogP contribution is 2.50. The van der Waals surface area contributed by atoms with Crippen molar-refractivity contribution in [3.05, 3.63) is 58.4 Å². The van der Waals surface area contributed by atoms with Crippen molar-refractivity contribution in [1.82, 2.24) is 15.2 Å². The van der Waals surface area contributed by atoms with Gasteiger partial charge in [0.25, 0.3) is 0 Å². The maximum atomic E-state index is 14.8. The highest BCUT2D eigenvalue weighted by Gasteiger charge is 2.51. The van der Waals surface area contributed by atoms with Crippen LogP contribution in [0.3, 0.4) is 0 Å². The van der Waals surface area contributed by atoms with E-state index in [-0.39, 0.29) is 18.2 Å². The van der Waals surface area contributed by atoms with Gasteiger partial charge in [0.15, 0.2) is 5.97 Å². The number of benzene rings is 1. The van der Waals surface area contributed by atoms with Crippen molar-refractivity contribution in [1.29, 1.82) is 0 Å². The summed E-state index contributed by atoms with van der Waals surface area (Å²) in [5, 5.41) is 6.38. The second-order valence-electron chi connectivity index (χ2n) is 10.2. The molecule has 0 bridgehead atoms. The summed E-state index contributed by atoms with van der Waals surface area (Å²) in [5.41, 5.74) is 4.57. The van der Waals surface area contributed by atoms with Crippen LogP contribution in [0.2, 0.25) is 0 Å². The van der Waals surface area contributed by atoms with Crippen molar-refractivity contribution in [2.45, 2.75) is 64.3 Å². The Morgan fingerprint density at radius 2 is 1.95 bits per heavy atom. The van der Waals surface area contributed by atoms with Gasteiger partial charge in [-0.1, -0.05) is 26.0 Å². The van der Waals surface area contributed by atoms with Crippen molar-refractivity contribution in [2.24, 2.45) is 4.99 Å². The third-order valence-corrected chi connectivity index (χ3v) is 7.40. The molecule has 1 aromatic carbocycles. The lowest BCUT2D eigenvalue weighted by Gasteiger charge is -2.22. The van der Waals surface area contributed by atoms with E-state index < -0.39 is 11.4 Å². The Morgan fingerprint density at radius 3 is 2.68 bits per heavy atom. The molecule has 0 atom stereocenters. The maximum Gasteiger partial charge on any atom is 0.250 e. The van der Waals surface area contributed by atoms with Gasteiger partial charge in [-0.15, -0.1) is 0 Å². The van der Waals surface area contributed by atoms with E-state index in [0.717, 1.165) is 49.2 Å². The second-order valence-corrected chi connectivity index (χ2v) is 10.2. The zero-order chi connectivity index (χ0) is 26.0. The number of hydrogen-bond donors (Lipinski definition) is 2. The summed E-state index contributed by atoms with van der Waals surface area (Å²) < 4.78 is 14.8. The van der Waals surface area contributed by atoms with Crippen LogP contribution in [0.15, 0.2) is 41.0 Å². The van der Waals surface area contributed by atoms with Gasteiger partial charge < -0.3 is 15.5 Å². The van der Waals surface area contributed by atoms with Crippen molar-refractivity contribution in [2.75, 3.05) is 25.0 Å². The molecule has 8 heteroatoms. The quantitative estimate of drug-likeness (QED) is 0.540. The van der Waals surface area contributed by atoms with Crippen LogP contribution in [0.1, 0.15) is 68.3 Å². The molecule has 2 N–H and O–H groups in total. The number of fused-ring (bicyclic) bond motifs is 2. The van der Waals surface area contributed by atoms with Crippen molar-refractivity contribution >= 4 is 35.2 Å². The number of carbonyl (C=O) groups is 2. The van der Waals surface area contributed by atoms with Gasteiger partial charge >= 0.3 is 0 Å². The smallest absolute Gasteiger partial charge is 0.250 e. The Hall–Kier alpha value is -3.39. The zero-order valence-corrected chi connectivity index (χ0v) is 21.6. The van der Waals surface area contributed by atoms with Crippen molar-refractivity contribution < 1.29 is 14.0 Å². The first-order valence-electron chi connectivity index (χ1n) is 13.3. The Kier molecular flexibility index (Phi) is 7.20. The van der Waals surface area contributed by atoms with Crippen LogP contribution in [-0.2, 0) is 28.0 Å². The van der Waals surface area contributed by atoms with E-state index in [2.05, 4.69) is 20.6 Å². The molecule has 0 spiro atoms. The molecular weight excluding hydrogens is 469 g/mol. The van der Waals surface area contributed by atoms with Crippen LogP contribution in [0.4, 0.5) is 15.8 Å². The largest absolute Gasteiger partial charge is 0.339 e. The maximum absolute atomic E-state index is 14.8. The first-order valence-corrected chi connectivity index (χ1v) is 13.3. The summed E-state index contributed by atoms with van der Waals surface area (Å²) in [5.74, 6) is -0.818. The zero-order valence-electron chi connectivity index (χ0n) is 21.6. The number of nitrogens with zero attached hydrogens (tertiary/aromatic N) is 3. The van der Waals surface area contributed by atoms with Crippen LogP contribution >= 0.6 is 0 Å². The van der Waals surface area contributed by atoms with Crippen LogP contribution in [-0.4, -0.2) is 47.3 Å². The van der Waals surface area contributed by atoms with Gasteiger partial charge in [-0.05, 0) is 55.0 Å². The van der Waals surface area contributed by atoms with Gasteiger partial charge in [0, 0.05) is 55.9 Å². The molecule has 1 aliphatic carbocycles. The molecule has 7 nitrogen and oxygen atoms in total. The Labute approximate surface area is 217 Å². The molecule has 0 unspecified atom stereocenters. The van der Waals surface area contributed by atoms with Gasteiger partial charge in [-0.25, -0.2) is 4.99 Å². The number of halogens is 1. The third kappa shape index (κ3) is 5.21. The van der Waals surface area contributed by atoms with E-state index in [1.807, 2.05) is 32.0 Å². The van der Waals surface area contributed by atoms with Gasteiger partial charge in [-0.3, -0.25) is 14.6 Å². The fourth-order valence-electron chi connectivity index (χ4n) is 5.26. The van der Waals surface area contributed by atoms with Crippen LogP contribution in [0.25, 0.3) is 6.08 Å². The SMILES string of the molecule is CCCN(CCC)C(=O)C1=Cc2ccc(C3(C(=O)Nc4cnc5c(c4)CNCC5)CC3)cc2N=C(F)C1. The molecule has 5 rings (SSSR count). The van der Waals surface area contributed by atoms with Crippen LogP contribution < -0.4 is 10.6 Å². The highest BCUT2D eigenvalue weighted by molar-refractivity contribution is 6.05. The summed E-state index contributed by atoms with van der Waals surface area (Å²) in [6.07, 6.45) is 7.35. The summed E-state index contributed by atoms with van der Waals surface area (Å²) in [4.78, 5) is 37.0. The molecule has 1 aromatic heterocycles. The average molecular weight is 504 g/mol. The molecule has 194 valence electrons. The Balaban J connectivity index is 1.38. The summed E-state index contributed by atoms with van der Waals surface area (Å²) in [6, 6.07) is 7.55. The first-order chi connectivity index (χ1) is 17.9. The number of pyridine rings is 1. The summed E-state index contributed by atoms with van der Waals surface area (Å²) in [6.45, 7) is 7.00. The topological polar surface area (TPSA) is 86.7 Å². The van der Waals surface area contributed by atoms with E-state index >= 15 is 0 Å². The second kappa shape index (κ2) is 10.5. The minimum Gasteiger partial charge on any atom is -0.339 e. The average Bonchev–Trinajstić information content (AvgIpc) is 3.72. The van der Waals surface area contributed by atoms with Crippen LogP contribution in [0.5, 0.6) is 0 Å².